The van der Waals surface area contributed by atoms with Crippen molar-refractivity contribution in [2.75, 3.05) is 0 Å². The van der Waals surface area contributed by atoms with Gasteiger partial charge in [-0.1, -0.05) is 119 Å². The quantitative estimate of drug-likeness (QED) is 0.0746. The smallest absolute Gasteiger partial charge is 0.306 e. The highest BCUT2D eigenvalue weighted by Crippen LogP contribution is 2.14. The van der Waals surface area contributed by atoms with Gasteiger partial charge in [-0.05, 0) is 48.3 Å². The second-order valence-corrected chi connectivity index (χ2v) is 15.0. The van der Waals surface area contributed by atoms with Gasteiger partial charge in [0.15, 0.2) is 0 Å². The molecule has 0 bridgehead atoms. The molecular formula is C43H57N5O9. The Hall–Kier alpha value is -5.60. The number of hydrogen-bond donors (Lipinski definition) is 8. The van der Waals surface area contributed by atoms with Crippen molar-refractivity contribution in [1.29, 1.82) is 0 Å². The molecule has 0 unspecified atom stereocenters. The maximum atomic E-state index is 13.9. The predicted octanol–water partition coefficient (Wildman–Crippen LogP) is 2.06. The second-order valence-electron chi connectivity index (χ2n) is 15.0. The molecule has 5 amide bonds. The van der Waals surface area contributed by atoms with Crippen molar-refractivity contribution in [3.05, 3.63) is 108 Å². The number of rotatable bonds is 22. The van der Waals surface area contributed by atoms with Crippen molar-refractivity contribution in [2.45, 2.75) is 109 Å². The van der Waals surface area contributed by atoms with E-state index in [1.807, 2.05) is 36.4 Å². The highest BCUT2D eigenvalue weighted by molar-refractivity contribution is 5.93. The fourth-order valence-corrected chi connectivity index (χ4v) is 6.22. The zero-order valence-electron chi connectivity index (χ0n) is 33.2. The van der Waals surface area contributed by atoms with Crippen LogP contribution in [0.1, 0.15) is 64.2 Å². The topological polar surface area (TPSA) is 223 Å². The third-order valence-corrected chi connectivity index (χ3v) is 9.45. The normalized spacial score (nSPS) is 14.9. The van der Waals surface area contributed by atoms with Crippen LogP contribution < -0.4 is 26.6 Å². The van der Waals surface area contributed by atoms with Gasteiger partial charge in [-0.2, -0.15) is 0 Å². The summed E-state index contributed by atoms with van der Waals surface area (Å²) in [4.78, 5) is 78.0. The van der Waals surface area contributed by atoms with Crippen molar-refractivity contribution >= 4 is 35.5 Å². The van der Waals surface area contributed by atoms with Gasteiger partial charge in [-0.3, -0.25) is 28.8 Å². The van der Waals surface area contributed by atoms with E-state index < -0.39 is 90.8 Å². The summed E-state index contributed by atoms with van der Waals surface area (Å²) in [6.45, 7) is 8.47. The van der Waals surface area contributed by atoms with Crippen LogP contribution in [0.3, 0.4) is 0 Å². The first-order chi connectivity index (χ1) is 27.0. The Morgan fingerprint density at radius 3 is 1.35 bits per heavy atom. The van der Waals surface area contributed by atoms with E-state index in [0.717, 1.165) is 16.7 Å². The van der Waals surface area contributed by atoms with Crippen LogP contribution in [0.15, 0.2) is 91.0 Å². The molecule has 0 radical (unpaired) electrons. The number of amides is 5. The number of hydrogen-bond acceptors (Lipinski definition) is 8. The molecule has 0 aliphatic heterocycles. The number of aliphatic hydroxyl groups is 2. The van der Waals surface area contributed by atoms with Gasteiger partial charge < -0.3 is 41.9 Å². The van der Waals surface area contributed by atoms with Gasteiger partial charge in [-0.25, -0.2) is 0 Å². The molecule has 0 aliphatic rings. The number of benzene rings is 3. The van der Waals surface area contributed by atoms with Crippen LogP contribution >= 0.6 is 0 Å². The maximum Gasteiger partial charge on any atom is 0.306 e. The minimum atomic E-state index is -1.43. The molecule has 14 nitrogen and oxygen atoms in total. The van der Waals surface area contributed by atoms with E-state index in [0.29, 0.717) is 0 Å². The number of carbonyl (C=O) groups is 6. The molecule has 0 saturated carbocycles. The number of carboxylic acids is 1. The number of nitrogens with one attached hydrogen (secondary N) is 5. The Morgan fingerprint density at radius 1 is 0.491 bits per heavy atom. The third kappa shape index (κ3) is 15.8. The Morgan fingerprint density at radius 2 is 0.895 bits per heavy atom. The Balaban J connectivity index is 1.69. The summed E-state index contributed by atoms with van der Waals surface area (Å²) < 4.78 is 0. The van der Waals surface area contributed by atoms with Crippen LogP contribution in [-0.4, -0.2) is 93.2 Å². The predicted molar refractivity (Wildman–Crippen MR) is 214 cm³/mol. The Bertz CT molecular complexity index is 1760. The van der Waals surface area contributed by atoms with Crippen molar-refractivity contribution in [3.8, 4) is 0 Å². The molecule has 14 heteroatoms. The summed E-state index contributed by atoms with van der Waals surface area (Å²) >= 11 is 0. The molecule has 308 valence electrons. The molecular weight excluding hydrogens is 730 g/mol. The minimum Gasteiger partial charge on any atom is -0.481 e. The van der Waals surface area contributed by atoms with E-state index in [-0.39, 0.29) is 31.1 Å². The van der Waals surface area contributed by atoms with Crippen LogP contribution in [0.5, 0.6) is 0 Å². The van der Waals surface area contributed by atoms with Gasteiger partial charge >= 0.3 is 5.97 Å². The van der Waals surface area contributed by atoms with Gasteiger partial charge in [0.05, 0.1) is 43.6 Å². The first-order valence-electron chi connectivity index (χ1n) is 19.2. The summed E-state index contributed by atoms with van der Waals surface area (Å²) in [7, 11) is 0. The standard InChI is InChI=1S/C43H57N5O9/c1-26(2)39(47-36(51)23-31-19-13-8-14-20-31)43(57)48-40(27(3)4)42(56)46-32(21-29-15-9-6-10-16-29)34(49)24-37(52)44-28(5)41(55)45-33(35(50)25-38(53)54)22-30-17-11-7-12-18-30/h6-20,26-28,32-35,39-40,49-50H,21-25H2,1-5H3,(H,44,52)(H,45,55)(H,46,56)(H,47,51)(H,48,57)(H,53,54)/t28-,32-,33-,34-,35-,39-,40-/m0/s1. The lowest BCUT2D eigenvalue weighted by Crippen LogP contribution is -2.59. The number of aliphatic carboxylic acids is 1. The molecule has 3 aromatic rings. The number of carbonyl (C=O) groups excluding carboxylic acids is 5. The average molecular weight is 788 g/mol. The molecule has 0 aromatic heterocycles. The zero-order valence-corrected chi connectivity index (χ0v) is 33.2. The molecule has 0 heterocycles. The highest BCUT2D eigenvalue weighted by atomic mass is 16.4. The fourth-order valence-electron chi connectivity index (χ4n) is 6.22. The molecule has 0 aliphatic carbocycles. The Labute approximate surface area is 334 Å². The SMILES string of the molecule is CC(C)[C@H](NC(=O)Cc1ccccc1)C(=O)N[C@H](C(=O)N[C@@H](Cc1ccccc1)[C@@H](O)CC(=O)N[C@@H](C)C(=O)N[C@@H](Cc1ccccc1)[C@@H](O)CC(=O)O)C(C)C. The van der Waals surface area contributed by atoms with Gasteiger partial charge in [0.2, 0.25) is 29.5 Å². The summed E-state index contributed by atoms with van der Waals surface area (Å²) in [5.41, 5.74) is 2.29. The van der Waals surface area contributed by atoms with Gasteiger partial charge in [0.1, 0.15) is 18.1 Å². The largest absolute Gasteiger partial charge is 0.481 e. The van der Waals surface area contributed by atoms with Crippen LogP contribution in [-0.2, 0) is 48.0 Å². The van der Waals surface area contributed by atoms with E-state index >= 15 is 0 Å². The summed E-state index contributed by atoms with van der Waals surface area (Å²) in [5, 5.41) is 44.8. The lowest BCUT2D eigenvalue weighted by molar-refractivity contribution is -0.140. The third-order valence-electron chi connectivity index (χ3n) is 9.45. The minimum absolute atomic E-state index is 0.0756. The van der Waals surface area contributed by atoms with Crippen LogP contribution in [0.2, 0.25) is 0 Å². The molecule has 3 aromatic carbocycles. The first-order valence-corrected chi connectivity index (χ1v) is 19.2. The van der Waals surface area contributed by atoms with Crippen molar-refractivity contribution < 1.29 is 44.1 Å². The number of aliphatic hydroxyl groups excluding tert-OH is 2. The molecule has 3 rings (SSSR count). The lowest BCUT2D eigenvalue weighted by Gasteiger charge is -2.30. The lowest BCUT2D eigenvalue weighted by atomic mass is 9.96. The maximum absolute atomic E-state index is 13.9. The monoisotopic (exact) mass is 787 g/mol. The molecule has 0 fully saturated rings. The van der Waals surface area contributed by atoms with E-state index in [1.165, 1.54) is 6.92 Å². The van der Waals surface area contributed by atoms with Crippen molar-refractivity contribution in [1.82, 2.24) is 26.6 Å². The molecule has 0 saturated heterocycles. The summed E-state index contributed by atoms with van der Waals surface area (Å²) in [5.74, 6) is -4.83. The van der Waals surface area contributed by atoms with Crippen molar-refractivity contribution in [3.63, 3.8) is 0 Å². The van der Waals surface area contributed by atoms with Gasteiger partial charge in [-0.15, -0.1) is 0 Å². The van der Waals surface area contributed by atoms with Gasteiger partial charge in [0.25, 0.3) is 0 Å². The highest BCUT2D eigenvalue weighted by Gasteiger charge is 2.34. The second kappa shape index (κ2) is 22.8. The molecule has 0 spiro atoms. The summed E-state index contributed by atoms with van der Waals surface area (Å²) in [6, 6.07) is 21.9. The zero-order chi connectivity index (χ0) is 42.1. The van der Waals surface area contributed by atoms with Crippen LogP contribution in [0.4, 0.5) is 0 Å². The van der Waals surface area contributed by atoms with E-state index in [9.17, 15) is 44.1 Å². The molecule has 7 atom stereocenters. The van der Waals surface area contributed by atoms with Crippen LogP contribution in [0, 0.1) is 11.8 Å². The van der Waals surface area contributed by atoms with E-state index in [1.54, 1.807) is 82.3 Å². The molecule has 8 N–H and O–H groups in total. The fraction of sp³-hybridized carbons (Fsp3) is 0.442. The Kier molecular flexibility index (Phi) is 18.3. The van der Waals surface area contributed by atoms with E-state index in [4.69, 9.17) is 0 Å². The number of carboxylic acid groups (broad SMARTS) is 1. The van der Waals surface area contributed by atoms with E-state index in [2.05, 4.69) is 26.6 Å². The van der Waals surface area contributed by atoms with Crippen LogP contribution in [0.25, 0.3) is 0 Å². The molecule has 57 heavy (non-hydrogen) atoms. The first kappa shape index (κ1) is 45.8. The summed E-state index contributed by atoms with van der Waals surface area (Å²) in [6.07, 6.45) is -3.62. The average Bonchev–Trinajstić information content (AvgIpc) is 3.15. The van der Waals surface area contributed by atoms with Gasteiger partial charge in [0, 0.05) is 0 Å². The van der Waals surface area contributed by atoms with Crippen molar-refractivity contribution in [2.24, 2.45) is 11.8 Å².